The van der Waals surface area contributed by atoms with Crippen LogP contribution in [0.15, 0.2) is 54.7 Å². The first-order valence-electron chi connectivity index (χ1n) is 11.4. The Hall–Kier alpha value is -3.54. The highest BCUT2D eigenvalue weighted by molar-refractivity contribution is 6.00. The predicted molar refractivity (Wildman–Crippen MR) is 133 cm³/mol. The number of aromatic nitrogens is 1. The average molecular weight is 446 g/mol. The van der Waals surface area contributed by atoms with Crippen LogP contribution in [-0.4, -0.2) is 37.8 Å². The van der Waals surface area contributed by atoms with Gasteiger partial charge in [-0.2, -0.15) is 0 Å². The van der Waals surface area contributed by atoms with Crippen LogP contribution in [0.2, 0.25) is 0 Å². The fourth-order valence-electron chi connectivity index (χ4n) is 3.80. The molecule has 1 aliphatic carbocycles. The minimum Gasteiger partial charge on any atom is -0.496 e. The Morgan fingerprint density at radius 1 is 1.03 bits per heavy atom. The van der Waals surface area contributed by atoms with Crippen LogP contribution in [-0.2, 0) is 4.74 Å². The molecule has 4 rings (SSSR count). The number of pyridine rings is 1. The molecule has 1 fully saturated rings. The lowest BCUT2D eigenvalue weighted by molar-refractivity contribution is 0.0601. The fourth-order valence-corrected chi connectivity index (χ4v) is 3.80. The molecule has 2 aromatic carbocycles. The zero-order chi connectivity index (χ0) is 23.4. The van der Waals surface area contributed by atoms with Crippen molar-refractivity contribution < 1.29 is 14.3 Å². The van der Waals surface area contributed by atoms with Gasteiger partial charge in [-0.3, -0.25) is 0 Å². The van der Waals surface area contributed by atoms with Crippen LogP contribution < -0.4 is 15.4 Å². The summed E-state index contributed by atoms with van der Waals surface area (Å²) in [4.78, 5) is 17.3. The van der Waals surface area contributed by atoms with Crippen LogP contribution >= 0.6 is 0 Å². The minimum atomic E-state index is -0.400. The molecule has 6 nitrogen and oxygen atoms in total. The van der Waals surface area contributed by atoms with Crippen molar-refractivity contribution in [3.05, 3.63) is 60.3 Å². The third kappa shape index (κ3) is 5.45. The number of carbonyl (C=O) groups is 1. The number of hydrogen-bond acceptors (Lipinski definition) is 6. The van der Waals surface area contributed by atoms with Gasteiger partial charge < -0.3 is 20.1 Å². The number of esters is 1. The van der Waals surface area contributed by atoms with E-state index in [9.17, 15) is 4.79 Å². The minimum absolute atomic E-state index is 0.347. The second-order valence-electron chi connectivity index (χ2n) is 8.72. The molecule has 0 unspecified atom stereocenters. The molecule has 172 valence electrons. The van der Waals surface area contributed by atoms with E-state index in [0.29, 0.717) is 17.4 Å². The van der Waals surface area contributed by atoms with Gasteiger partial charge in [-0.1, -0.05) is 12.1 Å². The average Bonchev–Trinajstić information content (AvgIpc) is 3.66. The van der Waals surface area contributed by atoms with E-state index in [1.165, 1.54) is 20.0 Å². The van der Waals surface area contributed by atoms with E-state index in [-0.39, 0.29) is 0 Å². The normalized spacial score (nSPS) is 13.0. The first-order valence-corrected chi connectivity index (χ1v) is 11.4. The van der Waals surface area contributed by atoms with Crippen molar-refractivity contribution in [3.63, 3.8) is 0 Å². The smallest absolute Gasteiger partial charge is 0.338 e. The molecule has 3 aromatic rings. The van der Waals surface area contributed by atoms with Crippen molar-refractivity contribution in [2.45, 2.75) is 32.7 Å². The Bertz CT molecular complexity index is 1100. The molecule has 0 bridgehead atoms. The van der Waals surface area contributed by atoms with Crippen molar-refractivity contribution in [1.29, 1.82) is 0 Å². The second kappa shape index (κ2) is 9.94. The molecule has 2 N–H and O–H groups in total. The summed E-state index contributed by atoms with van der Waals surface area (Å²) in [5.41, 5.74) is 4.84. The number of nitrogens with zero attached hydrogens (tertiary/aromatic N) is 1. The molecule has 0 amide bonds. The molecule has 0 saturated heterocycles. The lowest BCUT2D eigenvalue weighted by Gasteiger charge is -2.16. The lowest BCUT2D eigenvalue weighted by Crippen LogP contribution is -2.09. The summed E-state index contributed by atoms with van der Waals surface area (Å²) in [7, 11) is 3.03. The van der Waals surface area contributed by atoms with Crippen LogP contribution in [0.1, 0.15) is 37.0 Å². The maximum Gasteiger partial charge on any atom is 0.338 e. The summed E-state index contributed by atoms with van der Waals surface area (Å²) >= 11 is 0. The van der Waals surface area contributed by atoms with Gasteiger partial charge in [0.05, 0.1) is 19.8 Å². The van der Waals surface area contributed by atoms with Crippen LogP contribution in [0.4, 0.5) is 11.5 Å². The van der Waals surface area contributed by atoms with Crippen LogP contribution in [0.3, 0.4) is 0 Å². The van der Waals surface area contributed by atoms with Crippen molar-refractivity contribution in [2.24, 2.45) is 5.92 Å². The van der Waals surface area contributed by atoms with Gasteiger partial charge >= 0.3 is 5.97 Å². The molecule has 0 spiro atoms. The molecule has 33 heavy (non-hydrogen) atoms. The number of anilines is 2. The fraction of sp³-hybridized carbons (Fsp3) is 0.333. The predicted octanol–water partition coefficient (Wildman–Crippen LogP) is 5.85. The number of benzene rings is 2. The molecule has 0 aliphatic heterocycles. The summed E-state index contributed by atoms with van der Waals surface area (Å²) in [5, 5.41) is 6.76. The van der Waals surface area contributed by atoms with Gasteiger partial charge in [0.15, 0.2) is 0 Å². The Balaban J connectivity index is 1.69. The molecule has 6 heteroatoms. The summed E-state index contributed by atoms with van der Waals surface area (Å²) in [6.07, 6.45) is 4.36. The number of rotatable bonds is 9. The van der Waals surface area contributed by atoms with Gasteiger partial charge in [0.1, 0.15) is 11.6 Å². The highest BCUT2D eigenvalue weighted by atomic mass is 16.5. The number of nitrogens with one attached hydrogen (secondary N) is 2. The molecular weight excluding hydrogens is 414 g/mol. The van der Waals surface area contributed by atoms with Crippen LogP contribution in [0.25, 0.3) is 22.3 Å². The van der Waals surface area contributed by atoms with Gasteiger partial charge in [-0.05, 0) is 74.6 Å². The van der Waals surface area contributed by atoms with Gasteiger partial charge in [-0.25, -0.2) is 9.78 Å². The first-order chi connectivity index (χ1) is 16.0. The van der Waals surface area contributed by atoms with Gasteiger partial charge in [-0.15, -0.1) is 0 Å². The van der Waals surface area contributed by atoms with E-state index in [4.69, 9.17) is 9.47 Å². The summed E-state index contributed by atoms with van der Waals surface area (Å²) in [5.74, 6) is 1.88. The summed E-state index contributed by atoms with van der Waals surface area (Å²) < 4.78 is 10.8. The first kappa shape index (κ1) is 22.6. The Kier molecular flexibility index (Phi) is 6.82. The van der Waals surface area contributed by atoms with Crippen molar-refractivity contribution in [3.8, 4) is 28.0 Å². The maximum absolute atomic E-state index is 12.7. The third-order valence-electron chi connectivity index (χ3n) is 5.74. The largest absolute Gasteiger partial charge is 0.496 e. The van der Waals surface area contributed by atoms with E-state index in [1.807, 2.05) is 48.5 Å². The number of hydrogen-bond donors (Lipinski definition) is 2. The second-order valence-corrected chi connectivity index (χ2v) is 8.72. The molecule has 1 saturated carbocycles. The van der Waals surface area contributed by atoms with Gasteiger partial charge in [0.2, 0.25) is 0 Å². The Labute approximate surface area is 195 Å². The molecule has 0 atom stereocenters. The zero-order valence-electron chi connectivity index (χ0n) is 19.6. The van der Waals surface area contributed by atoms with E-state index in [0.717, 1.165) is 46.2 Å². The van der Waals surface area contributed by atoms with Crippen LogP contribution in [0.5, 0.6) is 5.75 Å². The van der Waals surface area contributed by atoms with Crippen molar-refractivity contribution in [1.82, 2.24) is 4.98 Å². The van der Waals surface area contributed by atoms with E-state index < -0.39 is 5.97 Å². The highest BCUT2D eigenvalue weighted by Crippen LogP contribution is 2.38. The topological polar surface area (TPSA) is 72.5 Å². The molecular formula is C27H31N3O3. The van der Waals surface area contributed by atoms with E-state index in [2.05, 4.69) is 29.5 Å². The molecule has 1 aliphatic rings. The number of ether oxygens (including phenoxy) is 2. The summed E-state index contributed by atoms with van der Waals surface area (Å²) in [6, 6.07) is 16.1. The van der Waals surface area contributed by atoms with E-state index in [1.54, 1.807) is 13.3 Å². The molecule has 1 heterocycles. The number of methoxy groups -OCH3 is 2. The zero-order valence-corrected chi connectivity index (χ0v) is 19.6. The van der Waals surface area contributed by atoms with Crippen molar-refractivity contribution in [2.75, 3.05) is 31.4 Å². The van der Waals surface area contributed by atoms with Crippen molar-refractivity contribution >= 4 is 17.5 Å². The summed E-state index contributed by atoms with van der Waals surface area (Å²) in [6.45, 7) is 5.15. The van der Waals surface area contributed by atoms with Gasteiger partial charge in [0.25, 0.3) is 0 Å². The quantitative estimate of drug-likeness (QED) is 0.402. The Morgan fingerprint density at radius 2 is 1.76 bits per heavy atom. The van der Waals surface area contributed by atoms with E-state index >= 15 is 0 Å². The monoisotopic (exact) mass is 445 g/mol. The Morgan fingerprint density at radius 3 is 2.33 bits per heavy atom. The number of carbonyl (C=O) groups excluding carboxylic acids is 1. The third-order valence-corrected chi connectivity index (χ3v) is 5.74. The SMILES string of the molecule is COC(=O)c1cc(-c2ccc(NC(C)C)cc2)c(OC)cc1-c1ccc(NCC2CC2)nc1. The van der Waals surface area contributed by atoms with Gasteiger partial charge in [0, 0.05) is 41.2 Å². The maximum atomic E-state index is 12.7. The lowest BCUT2D eigenvalue weighted by atomic mass is 9.94. The van der Waals surface area contributed by atoms with Crippen LogP contribution in [0, 0.1) is 5.92 Å². The molecule has 0 radical (unpaired) electrons. The highest BCUT2D eigenvalue weighted by Gasteiger charge is 2.21. The standard InChI is InChI=1S/C27H31N3O3/c1-17(2)30-21-10-7-19(8-11-21)23-13-24(27(31)33-4)22(14-25(23)32-3)20-9-12-26(29-16-20)28-15-18-5-6-18/h7-14,16-18,30H,5-6,15H2,1-4H3,(H,28,29). The molecule has 1 aromatic heterocycles.